The van der Waals surface area contributed by atoms with Gasteiger partial charge >= 0.3 is 0 Å². The average molecular weight is 880 g/mol. The third-order valence-corrected chi connectivity index (χ3v) is 13.6. The summed E-state index contributed by atoms with van der Waals surface area (Å²) in [5, 5.41) is 6.56. The van der Waals surface area contributed by atoms with Crippen LogP contribution in [0, 0.1) is 6.57 Å². The van der Waals surface area contributed by atoms with Crippen LogP contribution in [0.5, 0.6) is 0 Å². The van der Waals surface area contributed by atoms with Crippen LogP contribution in [0.25, 0.3) is 110 Å². The summed E-state index contributed by atoms with van der Waals surface area (Å²) in [5.41, 5.74) is 17.8. The van der Waals surface area contributed by atoms with Gasteiger partial charge in [0, 0.05) is 38.6 Å². The third kappa shape index (κ3) is 6.84. The first-order valence-corrected chi connectivity index (χ1v) is 23.3. The quantitative estimate of drug-likeness (QED) is 0.142. The molecule has 0 spiro atoms. The predicted octanol–water partition coefficient (Wildman–Crippen LogP) is 18.5. The van der Waals surface area contributed by atoms with Crippen LogP contribution in [0.3, 0.4) is 0 Å². The van der Waals surface area contributed by atoms with E-state index in [0.717, 1.165) is 105 Å². The molecule has 0 bridgehead atoms. The van der Waals surface area contributed by atoms with Crippen molar-refractivity contribution in [2.24, 2.45) is 0 Å². The molecule has 4 nitrogen and oxygen atoms in total. The van der Waals surface area contributed by atoms with Crippen LogP contribution < -0.4 is 4.90 Å². The van der Waals surface area contributed by atoms with E-state index < -0.39 is 0 Å². The van der Waals surface area contributed by atoms with Crippen molar-refractivity contribution in [3.05, 3.63) is 260 Å². The van der Waals surface area contributed by atoms with Gasteiger partial charge in [-0.1, -0.05) is 170 Å². The van der Waals surface area contributed by atoms with Crippen LogP contribution in [0.4, 0.5) is 22.7 Å². The molecule has 0 N–H and O–H groups in total. The fourth-order valence-corrected chi connectivity index (χ4v) is 10.4. The number of hydrogen-bond donors (Lipinski definition) is 0. The molecular formula is C65H41N3O. The number of furan rings is 1. The van der Waals surface area contributed by atoms with E-state index in [9.17, 15) is 0 Å². The van der Waals surface area contributed by atoms with E-state index in [-0.39, 0.29) is 0 Å². The molecule has 69 heavy (non-hydrogen) atoms. The third-order valence-electron chi connectivity index (χ3n) is 13.6. The first-order chi connectivity index (χ1) is 34.2. The molecule has 2 heterocycles. The van der Waals surface area contributed by atoms with Crippen LogP contribution in [-0.4, -0.2) is 4.57 Å². The highest BCUT2D eigenvalue weighted by Gasteiger charge is 2.20. The standard InChI is InChI=1S/C65H41N3O/c1-66-60-28-14-27-54-53(60)26-15-30-62(54)68-61-29-10-8-24-55(61)56-36-33-46(41-63(56)68)45-32-35-52(59(40-45)48-34-37-58-57-25-9-11-31-64(57)69-65(58)42-48)47-19-13-23-51(39-47)67(49-20-6-3-7-21-49)50-22-12-18-44(38-50)43-16-4-2-5-17-43/h2-42H. The topological polar surface area (TPSA) is 25.7 Å². The minimum absolute atomic E-state index is 0.653. The molecule has 13 rings (SSSR count). The second kappa shape index (κ2) is 16.5. The van der Waals surface area contributed by atoms with Gasteiger partial charge in [-0.25, -0.2) is 4.85 Å². The number of benzene rings is 11. The van der Waals surface area contributed by atoms with Crippen molar-refractivity contribution in [2.75, 3.05) is 4.90 Å². The Bertz CT molecular complexity index is 4160. The summed E-state index contributed by atoms with van der Waals surface area (Å²) >= 11 is 0. The fraction of sp³-hybridized carbons (Fsp3) is 0. The molecule has 0 fully saturated rings. The fourth-order valence-electron chi connectivity index (χ4n) is 10.4. The van der Waals surface area contributed by atoms with Gasteiger partial charge in [-0.2, -0.15) is 0 Å². The van der Waals surface area contributed by atoms with Gasteiger partial charge in [-0.3, -0.25) is 0 Å². The minimum Gasteiger partial charge on any atom is -0.456 e. The Morgan fingerprint density at radius 3 is 1.72 bits per heavy atom. The van der Waals surface area contributed by atoms with Crippen LogP contribution in [-0.2, 0) is 0 Å². The van der Waals surface area contributed by atoms with Gasteiger partial charge in [-0.15, -0.1) is 0 Å². The highest BCUT2D eigenvalue weighted by Crippen LogP contribution is 2.44. The summed E-state index contributed by atoms with van der Waals surface area (Å²) in [4.78, 5) is 6.22. The van der Waals surface area contributed by atoms with Crippen molar-refractivity contribution in [1.82, 2.24) is 4.57 Å². The van der Waals surface area contributed by atoms with E-state index in [0.29, 0.717) is 5.69 Å². The van der Waals surface area contributed by atoms with Gasteiger partial charge < -0.3 is 13.9 Å². The minimum atomic E-state index is 0.653. The van der Waals surface area contributed by atoms with Gasteiger partial charge in [-0.05, 0) is 134 Å². The summed E-state index contributed by atoms with van der Waals surface area (Å²) < 4.78 is 8.89. The van der Waals surface area contributed by atoms with E-state index in [1.807, 2.05) is 24.3 Å². The summed E-state index contributed by atoms with van der Waals surface area (Å²) in [6.07, 6.45) is 0. The maximum absolute atomic E-state index is 7.92. The predicted molar refractivity (Wildman–Crippen MR) is 288 cm³/mol. The lowest BCUT2D eigenvalue weighted by atomic mass is 9.90. The van der Waals surface area contributed by atoms with Crippen molar-refractivity contribution in [1.29, 1.82) is 0 Å². The summed E-state index contributed by atoms with van der Waals surface area (Å²) in [6.45, 7) is 7.92. The zero-order chi connectivity index (χ0) is 45.8. The van der Waals surface area contributed by atoms with Gasteiger partial charge in [0.1, 0.15) is 11.2 Å². The Hall–Kier alpha value is -9.43. The molecule has 0 amide bonds. The highest BCUT2D eigenvalue weighted by molar-refractivity contribution is 6.12. The molecule has 0 saturated carbocycles. The van der Waals surface area contributed by atoms with Gasteiger partial charge in [0.25, 0.3) is 0 Å². The van der Waals surface area contributed by atoms with E-state index in [1.165, 1.54) is 16.3 Å². The molecule has 0 saturated heterocycles. The summed E-state index contributed by atoms with van der Waals surface area (Å²) in [5.74, 6) is 0. The molecule has 4 heteroatoms. The summed E-state index contributed by atoms with van der Waals surface area (Å²) in [6, 6.07) is 88.4. The molecule has 0 aliphatic heterocycles. The molecule has 0 radical (unpaired) electrons. The lowest BCUT2D eigenvalue weighted by Gasteiger charge is -2.26. The molecule has 0 atom stereocenters. The SMILES string of the molecule is [C-]#[N+]c1cccc2c(-n3c4ccccc4c4ccc(-c5ccc(-c6cccc(N(c7ccccc7)c7cccc(-c8ccccc8)c7)c6)c(-c6ccc7c(c6)oc6ccccc67)c5)cc43)cccc12. The normalized spacial score (nSPS) is 11.5. The first kappa shape index (κ1) is 39.9. The van der Waals surface area contributed by atoms with E-state index >= 15 is 0 Å². The monoisotopic (exact) mass is 879 g/mol. The smallest absolute Gasteiger partial charge is 0.194 e. The number of rotatable bonds is 8. The largest absolute Gasteiger partial charge is 0.456 e. The number of fused-ring (bicyclic) bond motifs is 7. The van der Waals surface area contributed by atoms with Crippen LogP contribution in [0.2, 0.25) is 0 Å². The Balaban J connectivity index is 0.996. The molecule has 322 valence electrons. The lowest BCUT2D eigenvalue weighted by Crippen LogP contribution is -2.10. The number of nitrogens with zero attached hydrogens (tertiary/aromatic N) is 3. The molecule has 0 aliphatic rings. The van der Waals surface area contributed by atoms with Crippen LogP contribution >= 0.6 is 0 Å². The number of aromatic nitrogens is 1. The van der Waals surface area contributed by atoms with E-state index in [1.54, 1.807) is 0 Å². The van der Waals surface area contributed by atoms with Crippen LogP contribution in [0.15, 0.2) is 253 Å². The van der Waals surface area contributed by atoms with Gasteiger partial charge in [0.05, 0.1) is 23.3 Å². The molecular weight excluding hydrogens is 839 g/mol. The molecule has 11 aromatic carbocycles. The number of hydrogen-bond acceptors (Lipinski definition) is 2. The maximum atomic E-state index is 7.92. The first-order valence-electron chi connectivity index (χ1n) is 23.3. The maximum Gasteiger partial charge on any atom is 0.194 e. The zero-order valence-electron chi connectivity index (χ0n) is 37.4. The highest BCUT2D eigenvalue weighted by atomic mass is 16.3. The molecule has 0 aliphatic carbocycles. The van der Waals surface area contributed by atoms with Crippen LogP contribution in [0.1, 0.15) is 0 Å². The molecule has 2 aromatic heterocycles. The van der Waals surface area contributed by atoms with Crippen molar-refractivity contribution < 1.29 is 4.42 Å². The number of para-hydroxylation sites is 3. The van der Waals surface area contributed by atoms with E-state index in [2.05, 4.69) is 239 Å². The zero-order valence-corrected chi connectivity index (χ0v) is 37.4. The Morgan fingerprint density at radius 2 is 0.884 bits per heavy atom. The Labute approximate surface area is 399 Å². The lowest BCUT2D eigenvalue weighted by molar-refractivity contribution is 0.669. The van der Waals surface area contributed by atoms with Crippen molar-refractivity contribution in [3.63, 3.8) is 0 Å². The van der Waals surface area contributed by atoms with Gasteiger partial charge in [0.2, 0.25) is 0 Å². The van der Waals surface area contributed by atoms with Crippen molar-refractivity contribution >= 4 is 77.3 Å². The molecule has 13 aromatic rings. The second-order valence-electron chi connectivity index (χ2n) is 17.6. The second-order valence-corrected chi connectivity index (χ2v) is 17.6. The van der Waals surface area contributed by atoms with Crippen molar-refractivity contribution in [2.45, 2.75) is 0 Å². The molecule has 0 unspecified atom stereocenters. The summed E-state index contributed by atoms with van der Waals surface area (Å²) in [7, 11) is 0. The Morgan fingerprint density at radius 1 is 0.333 bits per heavy atom. The number of anilines is 3. The Kier molecular flexibility index (Phi) is 9.52. The average Bonchev–Trinajstić information content (AvgIpc) is 3.96. The van der Waals surface area contributed by atoms with Crippen molar-refractivity contribution in [3.8, 4) is 50.2 Å². The van der Waals surface area contributed by atoms with Gasteiger partial charge in [0.15, 0.2) is 5.69 Å². The van der Waals surface area contributed by atoms with E-state index in [4.69, 9.17) is 11.0 Å².